The topological polar surface area (TPSA) is 54.6 Å². The predicted octanol–water partition coefficient (Wildman–Crippen LogP) is 2.65. The molecule has 0 radical (unpaired) electrons. The van der Waals surface area contributed by atoms with Crippen molar-refractivity contribution in [2.24, 2.45) is 0 Å². The van der Waals surface area contributed by atoms with E-state index in [-0.39, 0.29) is 18.5 Å². The molecule has 2 rings (SSSR count). The summed E-state index contributed by atoms with van der Waals surface area (Å²) < 4.78 is 24.1. The van der Waals surface area contributed by atoms with Crippen LogP contribution in [0.15, 0.2) is 47.1 Å². The van der Waals surface area contributed by atoms with Crippen LogP contribution in [0.25, 0.3) is 0 Å². The molecule has 0 bridgehead atoms. The highest BCUT2D eigenvalue weighted by Crippen LogP contribution is 2.15. The lowest BCUT2D eigenvalue weighted by molar-refractivity contribution is 0.0217. The van der Waals surface area contributed by atoms with Crippen molar-refractivity contribution >= 4 is 0 Å². The number of ether oxygens (including phenoxy) is 1. The molecule has 0 saturated carbocycles. The first-order chi connectivity index (χ1) is 10.2. The van der Waals surface area contributed by atoms with E-state index in [0.29, 0.717) is 18.7 Å². The molecule has 2 atom stereocenters. The van der Waals surface area contributed by atoms with Crippen molar-refractivity contribution in [3.8, 4) is 0 Å². The Hall–Kier alpha value is -1.69. The monoisotopic (exact) mass is 293 g/mol. The largest absolute Gasteiger partial charge is 0.467 e. The van der Waals surface area contributed by atoms with Crippen molar-refractivity contribution < 1.29 is 18.7 Å². The molecule has 0 aliphatic rings. The minimum Gasteiger partial charge on any atom is -0.467 e. The van der Waals surface area contributed by atoms with Crippen LogP contribution in [0.3, 0.4) is 0 Å². The SMILES string of the molecule is CC(NCC(O)COCc1ccco1)c1ccccc1F. The highest BCUT2D eigenvalue weighted by Gasteiger charge is 2.12. The molecule has 114 valence electrons. The van der Waals surface area contributed by atoms with E-state index in [0.717, 1.165) is 5.76 Å². The lowest BCUT2D eigenvalue weighted by Gasteiger charge is -2.18. The summed E-state index contributed by atoms with van der Waals surface area (Å²) in [7, 11) is 0. The van der Waals surface area contributed by atoms with Gasteiger partial charge in [-0.2, -0.15) is 0 Å². The molecule has 5 heteroatoms. The molecule has 4 nitrogen and oxygen atoms in total. The minimum atomic E-state index is -0.658. The van der Waals surface area contributed by atoms with Crippen molar-refractivity contribution in [2.45, 2.75) is 25.7 Å². The third kappa shape index (κ3) is 4.97. The van der Waals surface area contributed by atoms with E-state index < -0.39 is 6.10 Å². The molecule has 21 heavy (non-hydrogen) atoms. The van der Waals surface area contributed by atoms with Gasteiger partial charge >= 0.3 is 0 Å². The second-order valence-corrected chi connectivity index (χ2v) is 4.90. The number of aliphatic hydroxyl groups is 1. The Morgan fingerprint density at radius 1 is 1.29 bits per heavy atom. The zero-order chi connectivity index (χ0) is 15.1. The summed E-state index contributed by atoms with van der Waals surface area (Å²) >= 11 is 0. The number of benzene rings is 1. The third-order valence-electron chi connectivity index (χ3n) is 3.17. The van der Waals surface area contributed by atoms with Gasteiger partial charge in [-0.25, -0.2) is 4.39 Å². The van der Waals surface area contributed by atoms with E-state index in [9.17, 15) is 9.50 Å². The third-order valence-corrected chi connectivity index (χ3v) is 3.17. The van der Waals surface area contributed by atoms with E-state index in [1.165, 1.54) is 6.07 Å². The summed E-state index contributed by atoms with van der Waals surface area (Å²) in [5.74, 6) is 0.468. The summed E-state index contributed by atoms with van der Waals surface area (Å²) in [6, 6.07) is 10.0. The van der Waals surface area contributed by atoms with E-state index >= 15 is 0 Å². The van der Waals surface area contributed by atoms with Gasteiger partial charge in [-0.3, -0.25) is 0 Å². The molecule has 0 fully saturated rings. The zero-order valence-corrected chi connectivity index (χ0v) is 12.0. The fraction of sp³-hybridized carbons (Fsp3) is 0.375. The van der Waals surface area contributed by atoms with Gasteiger partial charge in [-0.1, -0.05) is 18.2 Å². The molecule has 0 spiro atoms. The van der Waals surface area contributed by atoms with Crippen LogP contribution in [0.4, 0.5) is 4.39 Å². The van der Waals surface area contributed by atoms with Crippen LogP contribution in [-0.4, -0.2) is 24.4 Å². The fourth-order valence-corrected chi connectivity index (χ4v) is 2.00. The number of halogens is 1. The standard InChI is InChI=1S/C16H20FNO3/c1-12(15-6-2-3-7-16(15)17)18-9-13(19)10-20-11-14-5-4-8-21-14/h2-8,12-13,18-19H,9-11H2,1H3. The Bertz CT molecular complexity index is 530. The number of hydrogen-bond donors (Lipinski definition) is 2. The Balaban J connectivity index is 1.68. The molecular formula is C16H20FNO3. The van der Waals surface area contributed by atoms with E-state index in [4.69, 9.17) is 9.15 Å². The Morgan fingerprint density at radius 3 is 2.81 bits per heavy atom. The smallest absolute Gasteiger partial charge is 0.129 e. The van der Waals surface area contributed by atoms with Crippen LogP contribution >= 0.6 is 0 Å². The number of nitrogens with one attached hydrogen (secondary N) is 1. The summed E-state index contributed by atoms with van der Waals surface area (Å²) in [4.78, 5) is 0. The van der Waals surface area contributed by atoms with Crippen molar-refractivity contribution in [1.82, 2.24) is 5.32 Å². The molecule has 0 amide bonds. The first kappa shape index (κ1) is 15.7. The lowest BCUT2D eigenvalue weighted by atomic mass is 10.1. The fourth-order valence-electron chi connectivity index (χ4n) is 2.00. The highest BCUT2D eigenvalue weighted by molar-refractivity contribution is 5.20. The molecule has 1 aromatic heterocycles. The maximum atomic E-state index is 13.6. The Kier molecular flexibility index (Phi) is 5.92. The van der Waals surface area contributed by atoms with Gasteiger partial charge in [0.1, 0.15) is 18.2 Å². The van der Waals surface area contributed by atoms with E-state index in [1.54, 1.807) is 30.5 Å². The maximum absolute atomic E-state index is 13.6. The summed E-state index contributed by atoms with van der Waals surface area (Å²) in [6.45, 7) is 2.70. The number of hydrogen-bond acceptors (Lipinski definition) is 4. The number of aliphatic hydroxyl groups excluding tert-OH is 1. The van der Waals surface area contributed by atoms with Gasteiger partial charge in [0.15, 0.2) is 0 Å². The molecular weight excluding hydrogens is 273 g/mol. The van der Waals surface area contributed by atoms with Crippen LogP contribution < -0.4 is 5.32 Å². The molecule has 1 heterocycles. The van der Waals surface area contributed by atoms with Crippen molar-refractivity contribution in [2.75, 3.05) is 13.2 Å². The molecule has 2 N–H and O–H groups in total. The van der Waals surface area contributed by atoms with Gasteiger partial charge in [-0.05, 0) is 25.1 Å². The Labute approximate surface area is 123 Å². The van der Waals surface area contributed by atoms with Crippen LogP contribution in [0.2, 0.25) is 0 Å². The first-order valence-corrected chi connectivity index (χ1v) is 6.93. The number of furan rings is 1. The van der Waals surface area contributed by atoms with Crippen molar-refractivity contribution in [3.63, 3.8) is 0 Å². The minimum absolute atomic E-state index is 0.175. The average molecular weight is 293 g/mol. The average Bonchev–Trinajstić information content (AvgIpc) is 2.98. The summed E-state index contributed by atoms with van der Waals surface area (Å²) in [5.41, 5.74) is 0.584. The van der Waals surface area contributed by atoms with E-state index in [1.807, 2.05) is 13.0 Å². The second kappa shape index (κ2) is 7.93. The predicted molar refractivity (Wildman–Crippen MR) is 77.2 cm³/mol. The summed E-state index contributed by atoms with van der Waals surface area (Å²) in [5, 5.41) is 12.9. The van der Waals surface area contributed by atoms with Crippen LogP contribution in [0.1, 0.15) is 24.3 Å². The van der Waals surface area contributed by atoms with Crippen LogP contribution in [0.5, 0.6) is 0 Å². The van der Waals surface area contributed by atoms with Crippen molar-refractivity contribution in [1.29, 1.82) is 0 Å². The van der Waals surface area contributed by atoms with Gasteiger partial charge in [0.25, 0.3) is 0 Å². The Morgan fingerprint density at radius 2 is 2.10 bits per heavy atom. The van der Waals surface area contributed by atoms with Crippen molar-refractivity contribution in [3.05, 3.63) is 59.8 Å². The first-order valence-electron chi connectivity index (χ1n) is 6.93. The van der Waals surface area contributed by atoms with Gasteiger partial charge < -0.3 is 19.6 Å². The van der Waals surface area contributed by atoms with Crippen LogP contribution in [-0.2, 0) is 11.3 Å². The molecule has 2 aromatic rings. The van der Waals surface area contributed by atoms with E-state index in [2.05, 4.69) is 5.32 Å². The lowest BCUT2D eigenvalue weighted by Crippen LogP contribution is -2.32. The molecule has 1 aromatic carbocycles. The van der Waals surface area contributed by atoms with Gasteiger partial charge in [-0.15, -0.1) is 0 Å². The molecule has 2 unspecified atom stereocenters. The number of rotatable bonds is 8. The molecule has 0 saturated heterocycles. The van der Waals surface area contributed by atoms with Gasteiger partial charge in [0, 0.05) is 18.2 Å². The zero-order valence-electron chi connectivity index (χ0n) is 12.0. The molecule has 0 aliphatic heterocycles. The quantitative estimate of drug-likeness (QED) is 0.785. The summed E-state index contributed by atoms with van der Waals surface area (Å²) in [6.07, 6.45) is 0.918. The van der Waals surface area contributed by atoms with Gasteiger partial charge in [0.2, 0.25) is 0 Å². The maximum Gasteiger partial charge on any atom is 0.129 e. The van der Waals surface area contributed by atoms with Crippen LogP contribution in [0, 0.1) is 5.82 Å². The normalized spacial score (nSPS) is 14.0. The second-order valence-electron chi connectivity index (χ2n) is 4.90. The molecule has 0 aliphatic carbocycles. The highest BCUT2D eigenvalue weighted by atomic mass is 19.1. The van der Waals surface area contributed by atoms with Gasteiger partial charge in [0.05, 0.1) is 19.0 Å².